The lowest BCUT2D eigenvalue weighted by atomic mass is 10.1. The van der Waals surface area contributed by atoms with Gasteiger partial charge < -0.3 is 15.2 Å². The van der Waals surface area contributed by atoms with Crippen molar-refractivity contribution in [1.29, 1.82) is 0 Å². The standard InChI is InChI=1S/C20H31FN4O5S/c1-2-30-19-6-5-17(14-18(19)20(26)27)31(28,29)24-12-10-23(11-13-24)25-9-8-22-15-16(25)4-3-7-21/h5-6,14,16,22H,2-4,7-13,15H2,1H3,(H,26,27). The number of nitrogens with one attached hydrogen (secondary N) is 1. The van der Waals surface area contributed by atoms with Crippen LogP contribution < -0.4 is 10.1 Å². The molecule has 11 heteroatoms. The molecule has 31 heavy (non-hydrogen) atoms. The Balaban J connectivity index is 1.69. The fourth-order valence-corrected chi connectivity index (χ4v) is 5.58. The van der Waals surface area contributed by atoms with Crippen molar-refractivity contribution in [2.75, 3.05) is 59.1 Å². The fourth-order valence-electron chi connectivity index (χ4n) is 4.13. The molecule has 174 valence electrons. The Morgan fingerprint density at radius 2 is 2.00 bits per heavy atom. The number of ether oxygens (including phenoxy) is 1. The lowest BCUT2D eigenvalue weighted by molar-refractivity contribution is -0.0893. The van der Waals surface area contributed by atoms with Crippen molar-refractivity contribution < 1.29 is 27.4 Å². The highest BCUT2D eigenvalue weighted by Crippen LogP contribution is 2.26. The second kappa shape index (κ2) is 10.7. The van der Waals surface area contributed by atoms with Crippen LogP contribution in [0.1, 0.15) is 30.1 Å². The summed E-state index contributed by atoms with van der Waals surface area (Å²) in [6, 6.07) is 4.16. The van der Waals surface area contributed by atoms with Gasteiger partial charge in [-0.25, -0.2) is 23.2 Å². The first-order valence-corrected chi connectivity index (χ1v) is 12.1. The molecule has 3 rings (SSSR count). The highest BCUT2D eigenvalue weighted by atomic mass is 32.2. The molecule has 1 aromatic rings. The second-order valence-electron chi connectivity index (χ2n) is 7.61. The van der Waals surface area contributed by atoms with Crippen molar-refractivity contribution in [3.63, 3.8) is 0 Å². The summed E-state index contributed by atoms with van der Waals surface area (Å²) in [6.45, 7) is 5.81. The molecule has 1 atom stereocenters. The monoisotopic (exact) mass is 458 g/mol. The predicted octanol–water partition coefficient (Wildman–Crippen LogP) is 1.03. The maximum Gasteiger partial charge on any atom is 0.339 e. The van der Waals surface area contributed by atoms with Crippen molar-refractivity contribution in [1.82, 2.24) is 19.6 Å². The molecule has 0 radical (unpaired) electrons. The largest absolute Gasteiger partial charge is 0.493 e. The molecule has 1 unspecified atom stereocenters. The summed E-state index contributed by atoms with van der Waals surface area (Å²) in [5.74, 6) is -1.08. The molecule has 0 spiro atoms. The number of sulfonamides is 1. The number of aromatic carboxylic acids is 1. The van der Waals surface area contributed by atoms with Crippen LogP contribution in [-0.4, -0.2) is 99.0 Å². The van der Waals surface area contributed by atoms with Crippen molar-refractivity contribution in [3.05, 3.63) is 23.8 Å². The average molecular weight is 459 g/mol. The minimum absolute atomic E-state index is 0.0511. The van der Waals surface area contributed by atoms with Crippen LogP contribution in [0.4, 0.5) is 4.39 Å². The number of piperazine rings is 2. The van der Waals surface area contributed by atoms with E-state index in [9.17, 15) is 22.7 Å². The zero-order valence-corrected chi connectivity index (χ0v) is 18.6. The summed E-state index contributed by atoms with van der Waals surface area (Å²) < 4.78 is 45.6. The minimum Gasteiger partial charge on any atom is -0.493 e. The van der Waals surface area contributed by atoms with E-state index in [0.717, 1.165) is 26.1 Å². The summed E-state index contributed by atoms with van der Waals surface area (Å²) in [5.41, 5.74) is -0.168. The predicted molar refractivity (Wildman–Crippen MR) is 113 cm³/mol. The van der Waals surface area contributed by atoms with E-state index in [1.165, 1.54) is 22.5 Å². The average Bonchev–Trinajstić information content (AvgIpc) is 2.78. The van der Waals surface area contributed by atoms with Crippen LogP contribution >= 0.6 is 0 Å². The lowest BCUT2D eigenvalue weighted by Crippen LogP contribution is -2.62. The number of hydrogen-bond donors (Lipinski definition) is 2. The molecule has 2 heterocycles. The smallest absolute Gasteiger partial charge is 0.339 e. The number of rotatable bonds is 9. The third kappa shape index (κ3) is 5.53. The summed E-state index contributed by atoms with van der Waals surface area (Å²) in [7, 11) is -3.82. The Labute approximate surface area is 182 Å². The van der Waals surface area contributed by atoms with Gasteiger partial charge in [0.05, 0.1) is 18.2 Å². The maximum absolute atomic E-state index is 13.1. The van der Waals surface area contributed by atoms with Gasteiger partial charge in [0, 0.05) is 51.9 Å². The molecule has 2 aliphatic rings. The summed E-state index contributed by atoms with van der Waals surface area (Å²) in [6.07, 6.45) is 1.27. The van der Waals surface area contributed by atoms with E-state index in [-0.39, 0.29) is 35.5 Å². The van der Waals surface area contributed by atoms with Gasteiger partial charge in [-0.05, 0) is 38.0 Å². The van der Waals surface area contributed by atoms with Crippen LogP contribution in [0.5, 0.6) is 5.75 Å². The first kappa shape index (κ1) is 23.9. The van der Waals surface area contributed by atoms with Gasteiger partial charge in [0.15, 0.2) is 0 Å². The maximum atomic E-state index is 13.1. The van der Waals surface area contributed by atoms with E-state index in [2.05, 4.69) is 15.3 Å². The van der Waals surface area contributed by atoms with E-state index in [1.807, 2.05) is 0 Å². The van der Waals surface area contributed by atoms with E-state index < -0.39 is 16.0 Å². The fraction of sp³-hybridized carbons (Fsp3) is 0.650. The van der Waals surface area contributed by atoms with Crippen molar-refractivity contribution in [3.8, 4) is 5.75 Å². The van der Waals surface area contributed by atoms with E-state index in [4.69, 9.17) is 4.74 Å². The molecular weight excluding hydrogens is 427 g/mol. The van der Waals surface area contributed by atoms with Gasteiger partial charge in [-0.15, -0.1) is 0 Å². The molecule has 0 amide bonds. The first-order valence-electron chi connectivity index (χ1n) is 10.7. The van der Waals surface area contributed by atoms with Gasteiger partial charge in [-0.3, -0.25) is 4.39 Å². The number of benzene rings is 1. The number of carbonyl (C=O) groups is 1. The molecule has 2 fully saturated rings. The SMILES string of the molecule is CCOc1ccc(S(=O)(=O)N2CCN(N3CCNCC3CCCF)CC2)cc1C(=O)O. The highest BCUT2D eigenvalue weighted by Gasteiger charge is 2.34. The van der Waals surface area contributed by atoms with Crippen molar-refractivity contribution in [2.24, 2.45) is 0 Å². The first-order chi connectivity index (χ1) is 14.9. The molecule has 9 nitrogen and oxygen atoms in total. The normalized spacial score (nSPS) is 21.8. The van der Waals surface area contributed by atoms with E-state index in [1.54, 1.807) is 6.92 Å². The van der Waals surface area contributed by atoms with Crippen LogP contribution in [-0.2, 0) is 10.0 Å². The van der Waals surface area contributed by atoms with Gasteiger partial charge in [0.1, 0.15) is 11.3 Å². The van der Waals surface area contributed by atoms with E-state index >= 15 is 0 Å². The van der Waals surface area contributed by atoms with Crippen LogP contribution in [0, 0.1) is 0 Å². The third-order valence-electron chi connectivity index (χ3n) is 5.69. The number of carboxylic acids is 1. The Kier molecular flexibility index (Phi) is 8.23. The molecule has 2 aliphatic heterocycles. The van der Waals surface area contributed by atoms with Gasteiger partial charge in [0.25, 0.3) is 0 Å². The molecule has 0 aromatic heterocycles. The Morgan fingerprint density at radius 3 is 2.65 bits per heavy atom. The van der Waals surface area contributed by atoms with Gasteiger partial charge in [-0.1, -0.05) is 0 Å². The van der Waals surface area contributed by atoms with Crippen LogP contribution in [0.2, 0.25) is 0 Å². The number of halogens is 1. The highest BCUT2D eigenvalue weighted by molar-refractivity contribution is 7.89. The zero-order chi connectivity index (χ0) is 22.4. The number of hydrogen-bond acceptors (Lipinski definition) is 7. The van der Waals surface area contributed by atoms with Crippen molar-refractivity contribution in [2.45, 2.75) is 30.7 Å². The molecule has 0 saturated carbocycles. The second-order valence-corrected chi connectivity index (χ2v) is 9.54. The van der Waals surface area contributed by atoms with Crippen LogP contribution in [0.15, 0.2) is 23.1 Å². The number of nitrogens with zero attached hydrogens (tertiary/aromatic N) is 3. The Bertz CT molecular complexity index is 861. The molecule has 1 aromatic carbocycles. The lowest BCUT2D eigenvalue weighted by Gasteiger charge is -2.46. The van der Waals surface area contributed by atoms with Crippen LogP contribution in [0.3, 0.4) is 0 Å². The van der Waals surface area contributed by atoms with Crippen LogP contribution in [0.25, 0.3) is 0 Å². The third-order valence-corrected chi connectivity index (χ3v) is 7.58. The topological polar surface area (TPSA) is 102 Å². The zero-order valence-electron chi connectivity index (χ0n) is 17.8. The summed E-state index contributed by atoms with van der Waals surface area (Å²) in [4.78, 5) is 11.5. The number of alkyl halides is 1. The van der Waals surface area contributed by atoms with E-state index in [0.29, 0.717) is 32.6 Å². The minimum atomic E-state index is -3.82. The number of carboxylic acid groups (broad SMARTS) is 1. The summed E-state index contributed by atoms with van der Waals surface area (Å²) >= 11 is 0. The van der Waals surface area contributed by atoms with Crippen molar-refractivity contribution >= 4 is 16.0 Å². The molecule has 0 bridgehead atoms. The van der Waals surface area contributed by atoms with Gasteiger partial charge in [0.2, 0.25) is 10.0 Å². The Morgan fingerprint density at radius 1 is 1.26 bits per heavy atom. The molecule has 0 aliphatic carbocycles. The van der Waals surface area contributed by atoms with Gasteiger partial charge >= 0.3 is 5.97 Å². The number of hydrazine groups is 1. The quantitative estimate of drug-likeness (QED) is 0.566. The summed E-state index contributed by atoms with van der Waals surface area (Å²) in [5, 5.41) is 17.2. The molecular formula is C20H31FN4O5S. The Hall–Kier alpha value is -1.79. The molecule has 2 saturated heterocycles. The van der Waals surface area contributed by atoms with Gasteiger partial charge in [-0.2, -0.15) is 4.31 Å². The molecule has 2 N–H and O–H groups in total.